The Morgan fingerprint density at radius 2 is 2.14 bits per heavy atom. The van der Waals surface area contributed by atoms with Crippen molar-refractivity contribution >= 4 is 6.03 Å². The smallest absolute Gasteiger partial charge is 0.314 e. The van der Waals surface area contributed by atoms with Gasteiger partial charge in [0.1, 0.15) is 5.82 Å². The zero-order valence-electron chi connectivity index (χ0n) is 12.1. The van der Waals surface area contributed by atoms with Gasteiger partial charge in [-0.3, -0.25) is 4.68 Å². The number of amides is 2. The fourth-order valence-corrected chi connectivity index (χ4v) is 1.98. The molecule has 2 aromatic rings. The van der Waals surface area contributed by atoms with E-state index in [0.717, 1.165) is 6.42 Å². The van der Waals surface area contributed by atoms with E-state index < -0.39 is 18.0 Å². The van der Waals surface area contributed by atoms with Gasteiger partial charge in [0.2, 0.25) is 0 Å². The molecule has 118 valence electrons. The number of nitrogens with zero attached hydrogens (tertiary/aromatic N) is 2. The number of carbonyl (C=O) groups excluding carboxylic acids is 1. The number of benzene rings is 1. The molecule has 3 N–H and O–H groups in total. The van der Waals surface area contributed by atoms with Crippen LogP contribution in [-0.2, 0) is 6.54 Å². The van der Waals surface area contributed by atoms with Gasteiger partial charge in [0.15, 0.2) is 0 Å². The van der Waals surface area contributed by atoms with E-state index in [1.807, 2.05) is 12.3 Å². The summed E-state index contributed by atoms with van der Waals surface area (Å²) in [6.45, 7) is 1.15. The van der Waals surface area contributed by atoms with E-state index in [1.54, 1.807) is 23.0 Å². The fraction of sp³-hybridized carbons (Fsp3) is 0.333. The van der Waals surface area contributed by atoms with Crippen molar-refractivity contribution in [2.75, 3.05) is 13.1 Å². The summed E-state index contributed by atoms with van der Waals surface area (Å²) in [5.41, 5.74) is 0.168. The Morgan fingerprint density at radius 1 is 1.32 bits per heavy atom. The second-order valence-electron chi connectivity index (χ2n) is 4.80. The van der Waals surface area contributed by atoms with Crippen molar-refractivity contribution in [3.05, 3.63) is 54.1 Å². The van der Waals surface area contributed by atoms with Gasteiger partial charge in [-0.25, -0.2) is 9.18 Å². The summed E-state index contributed by atoms with van der Waals surface area (Å²) in [6, 6.07) is 7.39. The summed E-state index contributed by atoms with van der Waals surface area (Å²) in [6.07, 6.45) is 3.22. The number of urea groups is 1. The molecule has 2 rings (SSSR count). The molecule has 22 heavy (non-hydrogen) atoms. The van der Waals surface area contributed by atoms with E-state index in [2.05, 4.69) is 15.7 Å². The van der Waals surface area contributed by atoms with E-state index >= 15 is 0 Å². The van der Waals surface area contributed by atoms with Gasteiger partial charge < -0.3 is 15.7 Å². The van der Waals surface area contributed by atoms with Gasteiger partial charge in [0, 0.05) is 37.6 Å². The number of rotatable bonds is 7. The number of aliphatic hydroxyl groups is 1. The lowest BCUT2D eigenvalue weighted by molar-refractivity contribution is 0.169. The van der Waals surface area contributed by atoms with Crippen molar-refractivity contribution < 1.29 is 14.3 Å². The second-order valence-corrected chi connectivity index (χ2v) is 4.80. The van der Waals surface area contributed by atoms with Crippen molar-refractivity contribution in [2.24, 2.45) is 0 Å². The average Bonchev–Trinajstić information content (AvgIpc) is 3.03. The van der Waals surface area contributed by atoms with E-state index in [4.69, 9.17) is 0 Å². The highest BCUT2D eigenvalue weighted by atomic mass is 19.1. The second kappa shape index (κ2) is 8.14. The summed E-state index contributed by atoms with van der Waals surface area (Å²) in [4.78, 5) is 11.6. The quantitative estimate of drug-likeness (QED) is 0.677. The number of aliphatic hydroxyl groups excluding tert-OH is 1. The molecule has 1 atom stereocenters. The van der Waals surface area contributed by atoms with Crippen LogP contribution in [0.25, 0.3) is 0 Å². The number of nitrogens with one attached hydrogen (secondary N) is 2. The van der Waals surface area contributed by atoms with Crippen molar-refractivity contribution in [3.8, 4) is 0 Å². The first-order chi connectivity index (χ1) is 10.7. The first-order valence-electron chi connectivity index (χ1n) is 7.08. The summed E-state index contributed by atoms with van der Waals surface area (Å²) in [5.74, 6) is -0.489. The Bertz CT molecular complexity index is 589. The molecule has 0 radical (unpaired) electrons. The van der Waals surface area contributed by atoms with Crippen LogP contribution in [-0.4, -0.2) is 34.0 Å². The zero-order chi connectivity index (χ0) is 15.8. The summed E-state index contributed by atoms with van der Waals surface area (Å²) in [7, 11) is 0. The molecule has 1 heterocycles. The average molecular weight is 306 g/mol. The third-order valence-electron chi connectivity index (χ3n) is 3.13. The maximum atomic E-state index is 13.5. The fourth-order valence-electron chi connectivity index (χ4n) is 1.98. The number of hydrogen-bond donors (Lipinski definition) is 3. The number of hydrogen-bond acceptors (Lipinski definition) is 3. The van der Waals surface area contributed by atoms with Gasteiger partial charge in [-0.05, 0) is 18.6 Å². The van der Waals surface area contributed by atoms with Gasteiger partial charge in [0.25, 0.3) is 0 Å². The van der Waals surface area contributed by atoms with E-state index in [1.165, 1.54) is 12.1 Å². The molecular formula is C15H19FN4O2. The molecule has 0 saturated heterocycles. The molecular weight excluding hydrogens is 287 g/mol. The maximum absolute atomic E-state index is 13.5. The minimum absolute atomic E-state index is 0.0497. The number of aromatic nitrogens is 2. The highest BCUT2D eigenvalue weighted by molar-refractivity contribution is 5.73. The predicted molar refractivity (Wildman–Crippen MR) is 79.6 cm³/mol. The molecule has 1 aromatic carbocycles. The molecule has 0 bridgehead atoms. The van der Waals surface area contributed by atoms with Crippen LogP contribution in [0, 0.1) is 5.82 Å². The third-order valence-corrected chi connectivity index (χ3v) is 3.13. The van der Waals surface area contributed by atoms with E-state index in [0.29, 0.717) is 13.1 Å². The maximum Gasteiger partial charge on any atom is 0.314 e. The lowest BCUT2D eigenvalue weighted by Crippen LogP contribution is -2.38. The van der Waals surface area contributed by atoms with Crippen LogP contribution in [0.4, 0.5) is 9.18 Å². The van der Waals surface area contributed by atoms with Crippen molar-refractivity contribution in [2.45, 2.75) is 19.1 Å². The predicted octanol–water partition coefficient (Wildman–Crippen LogP) is 1.45. The molecule has 0 aliphatic carbocycles. The first kappa shape index (κ1) is 16.0. The number of carbonyl (C=O) groups is 1. The van der Waals surface area contributed by atoms with Gasteiger partial charge >= 0.3 is 6.03 Å². The first-order valence-corrected chi connectivity index (χ1v) is 7.08. The van der Waals surface area contributed by atoms with Crippen molar-refractivity contribution in [1.82, 2.24) is 20.4 Å². The van der Waals surface area contributed by atoms with Gasteiger partial charge in [-0.2, -0.15) is 5.10 Å². The number of halogens is 1. The van der Waals surface area contributed by atoms with Crippen molar-refractivity contribution in [1.29, 1.82) is 0 Å². The molecule has 0 aliphatic rings. The highest BCUT2D eigenvalue weighted by Gasteiger charge is 2.12. The Labute approximate surface area is 128 Å². The molecule has 2 amide bonds. The zero-order valence-corrected chi connectivity index (χ0v) is 12.1. The Hall–Kier alpha value is -2.41. The molecule has 1 aromatic heterocycles. The molecule has 0 unspecified atom stereocenters. The molecule has 6 nitrogen and oxygen atoms in total. The Kier molecular flexibility index (Phi) is 5.91. The lowest BCUT2D eigenvalue weighted by Gasteiger charge is -2.13. The van der Waals surface area contributed by atoms with Gasteiger partial charge in [0.05, 0.1) is 6.10 Å². The monoisotopic (exact) mass is 306 g/mol. The largest absolute Gasteiger partial charge is 0.386 e. The molecule has 0 aliphatic heterocycles. The van der Waals surface area contributed by atoms with Gasteiger partial charge in [-0.15, -0.1) is 0 Å². The lowest BCUT2D eigenvalue weighted by atomic mass is 10.1. The van der Waals surface area contributed by atoms with Crippen LogP contribution in [0.5, 0.6) is 0 Å². The summed E-state index contributed by atoms with van der Waals surface area (Å²) < 4.78 is 15.2. The van der Waals surface area contributed by atoms with Crippen molar-refractivity contribution in [3.63, 3.8) is 0 Å². The van der Waals surface area contributed by atoms with Crippen LogP contribution >= 0.6 is 0 Å². The number of aryl methyl sites for hydroxylation is 1. The Balaban J connectivity index is 1.64. The minimum atomic E-state index is -1.07. The van der Waals surface area contributed by atoms with Gasteiger partial charge in [-0.1, -0.05) is 18.2 Å². The van der Waals surface area contributed by atoms with E-state index in [9.17, 15) is 14.3 Å². The Morgan fingerprint density at radius 3 is 2.86 bits per heavy atom. The van der Waals surface area contributed by atoms with Crippen LogP contribution in [0.1, 0.15) is 18.1 Å². The van der Waals surface area contributed by atoms with E-state index in [-0.39, 0.29) is 12.1 Å². The SMILES string of the molecule is O=C(NCCCn1cccn1)NC[C@@H](O)c1ccccc1F. The summed E-state index contributed by atoms with van der Waals surface area (Å²) >= 11 is 0. The normalized spacial score (nSPS) is 11.9. The minimum Gasteiger partial charge on any atom is -0.386 e. The topological polar surface area (TPSA) is 79.2 Å². The molecule has 0 saturated carbocycles. The molecule has 7 heteroatoms. The standard InChI is InChI=1S/C15H19FN4O2/c16-13-6-2-1-5-12(13)14(21)11-18-15(22)17-7-3-9-20-10-4-8-19-20/h1-2,4-6,8,10,14,21H,3,7,9,11H2,(H2,17,18,22)/t14-/m1/s1. The van der Waals surface area contributed by atoms with Crippen LogP contribution in [0.15, 0.2) is 42.7 Å². The van der Waals surface area contributed by atoms with Crippen LogP contribution < -0.4 is 10.6 Å². The highest BCUT2D eigenvalue weighted by Crippen LogP contribution is 2.15. The summed E-state index contributed by atoms with van der Waals surface area (Å²) in [5, 5.41) is 19.1. The van der Waals surface area contributed by atoms with Crippen LogP contribution in [0.2, 0.25) is 0 Å². The molecule has 0 fully saturated rings. The molecule has 0 spiro atoms. The third kappa shape index (κ3) is 4.85. The van der Waals surface area contributed by atoms with Crippen LogP contribution in [0.3, 0.4) is 0 Å².